The van der Waals surface area contributed by atoms with Crippen molar-refractivity contribution in [2.24, 2.45) is 0 Å². The van der Waals surface area contributed by atoms with Crippen LogP contribution in [0.25, 0.3) is 6.08 Å². The topological polar surface area (TPSA) is 78.6 Å². The number of carbonyl (C=O) groups is 1. The zero-order valence-electron chi connectivity index (χ0n) is 21.3. The third-order valence-corrected chi connectivity index (χ3v) is 8.19. The smallest absolute Gasteiger partial charge is 0.270 e. The minimum atomic E-state index is -0.313. The molecular weight excluding hydrogens is 528 g/mol. The second-order valence-corrected chi connectivity index (χ2v) is 11.4. The number of anilines is 1. The third-order valence-electron chi connectivity index (χ3n) is 6.45. The van der Waals surface area contributed by atoms with Crippen molar-refractivity contribution in [2.45, 2.75) is 59.4 Å². The van der Waals surface area contributed by atoms with Crippen LogP contribution in [0.5, 0.6) is 0 Å². The number of morpholine rings is 1. The van der Waals surface area contributed by atoms with Crippen molar-refractivity contribution in [1.29, 1.82) is 5.26 Å². The number of nitriles is 1. The Kier molecular flexibility index (Phi) is 8.44. The first-order valence-corrected chi connectivity index (χ1v) is 13.8. The van der Waals surface area contributed by atoms with Crippen molar-refractivity contribution < 1.29 is 9.53 Å². The molecule has 2 saturated heterocycles. The number of aromatic nitrogens is 1. The molecule has 10 heteroatoms. The van der Waals surface area contributed by atoms with Gasteiger partial charge in [-0.15, -0.1) is 0 Å². The fourth-order valence-corrected chi connectivity index (χ4v) is 6.26. The molecule has 37 heavy (non-hydrogen) atoms. The predicted molar refractivity (Wildman–Crippen MR) is 153 cm³/mol. The Balaban J connectivity index is 1.84. The fraction of sp³-hybridized carbons (Fsp3) is 0.407. The van der Waals surface area contributed by atoms with Crippen molar-refractivity contribution in [3.8, 4) is 6.07 Å². The molecule has 2 unspecified atom stereocenters. The van der Waals surface area contributed by atoms with Crippen LogP contribution >= 0.6 is 35.6 Å². The van der Waals surface area contributed by atoms with Gasteiger partial charge in [0.1, 0.15) is 21.8 Å². The second-order valence-electron chi connectivity index (χ2n) is 9.33. The van der Waals surface area contributed by atoms with Gasteiger partial charge in [0.15, 0.2) is 0 Å². The van der Waals surface area contributed by atoms with Crippen LogP contribution in [-0.2, 0) is 22.6 Å². The lowest BCUT2D eigenvalue weighted by molar-refractivity contribution is -0.122. The molecule has 0 aliphatic carbocycles. The molecule has 1 amide bonds. The maximum atomic E-state index is 13.5. The van der Waals surface area contributed by atoms with Gasteiger partial charge < -0.3 is 9.64 Å². The molecule has 7 nitrogen and oxygen atoms in total. The number of ether oxygens (including phenoxy) is 1. The summed E-state index contributed by atoms with van der Waals surface area (Å²) in [6.07, 6.45) is 2.43. The van der Waals surface area contributed by atoms with Gasteiger partial charge in [-0.05, 0) is 50.5 Å². The molecule has 2 aliphatic heterocycles. The zero-order chi connectivity index (χ0) is 26.9. The summed E-state index contributed by atoms with van der Waals surface area (Å²) < 4.78 is 8.05. The summed E-state index contributed by atoms with van der Waals surface area (Å²) in [5.74, 6) is 0.484. The van der Waals surface area contributed by atoms with E-state index < -0.39 is 0 Å². The molecule has 4 rings (SSSR count). The van der Waals surface area contributed by atoms with Gasteiger partial charge in [0, 0.05) is 30.2 Å². The lowest BCUT2D eigenvalue weighted by atomic mass is 10.0. The SMILES string of the molecule is CCCn1c(N2CC(C)OC(C)C2)c(/C=C2/SC(=S)N(Cc3ccccc3Cl)C2=O)c(C)c(C#N)c1=O. The van der Waals surface area contributed by atoms with E-state index in [1.165, 1.54) is 16.7 Å². The molecule has 3 heterocycles. The molecule has 2 atom stereocenters. The van der Waals surface area contributed by atoms with Crippen LogP contribution in [0.3, 0.4) is 0 Å². The summed E-state index contributed by atoms with van der Waals surface area (Å²) in [6, 6.07) is 9.45. The number of hydrogen-bond donors (Lipinski definition) is 0. The minimum absolute atomic E-state index is 0.0356. The number of thiocarbonyl (C=S) groups is 1. The van der Waals surface area contributed by atoms with E-state index in [9.17, 15) is 14.9 Å². The van der Waals surface area contributed by atoms with Crippen molar-refractivity contribution in [3.63, 3.8) is 0 Å². The molecule has 0 spiro atoms. The van der Waals surface area contributed by atoms with Gasteiger partial charge in [0.25, 0.3) is 11.5 Å². The summed E-state index contributed by atoms with van der Waals surface area (Å²) in [6.45, 7) is 9.67. The molecule has 1 aromatic heterocycles. The maximum Gasteiger partial charge on any atom is 0.270 e. The average Bonchev–Trinajstić information content (AvgIpc) is 3.10. The third kappa shape index (κ3) is 5.48. The lowest BCUT2D eigenvalue weighted by Crippen LogP contribution is -2.48. The summed E-state index contributed by atoms with van der Waals surface area (Å²) in [7, 11) is 0. The normalized spacial score (nSPS) is 21.1. The number of thioether (sulfide) groups is 1. The summed E-state index contributed by atoms with van der Waals surface area (Å²) >= 11 is 13.1. The van der Waals surface area contributed by atoms with Crippen LogP contribution in [0, 0.1) is 18.3 Å². The monoisotopic (exact) mass is 556 g/mol. The van der Waals surface area contributed by atoms with E-state index in [1.807, 2.05) is 39.0 Å². The highest BCUT2D eigenvalue weighted by Crippen LogP contribution is 2.37. The molecule has 0 saturated carbocycles. The van der Waals surface area contributed by atoms with Gasteiger partial charge in [0.05, 0.1) is 23.7 Å². The summed E-state index contributed by atoms with van der Waals surface area (Å²) in [5.41, 5.74) is 1.82. The van der Waals surface area contributed by atoms with Gasteiger partial charge in [-0.25, -0.2) is 0 Å². The van der Waals surface area contributed by atoms with Crippen LogP contribution in [0.2, 0.25) is 5.02 Å². The molecule has 0 bridgehead atoms. The molecule has 2 aromatic rings. The van der Waals surface area contributed by atoms with Gasteiger partial charge in [-0.2, -0.15) is 5.26 Å². The number of pyridine rings is 1. The minimum Gasteiger partial charge on any atom is -0.372 e. The van der Waals surface area contributed by atoms with E-state index in [0.29, 0.717) is 50.8 Å². The largest absolute Gasteiger partial charge is 0.372 e. The molecular formula is C27H29ClN4O3S2. The van der Waals surface area contributed by atoms with Gasteiger partial charge >= 0.3 is 0 Å². The summed E-state index contributed by atoms with van der Waals surface area (Å²) in [5, 5.41) is 10.4. The standard InChI is InChI=1S/C27H29ClN4O3S2/c1-5-10-31-24(30-13-16(2)35-17(3)14-30)20(18(4)21(12-29)25(31)33)11-23-26(34)32(27(36)37-23)15-19-8-6-7-9-22(19)28/h6-9,11,16-17H,5,10,13-15H2,1-4H3/b23-11+. The van der Waals surface area contributed by atoms with Crippen LogP contribution in [0.15, 0.2) is 34.0 Å². The molecule has 0 radical (unpaired) electrons. The quantitative estimate of drug-likeness (QED) is 0.361. The highest BCUT2D eigenvalue weighted by molar-refractivity contribution is 8.26. The van der Waals surface area contributed by atoms with E-state index in [0.717, 1.165) is 12.0 Å². The Morgan fingerprint density at radius 2 is 1.92 bits per heavy atom. The van der Waals surface area contributed by atoms with Crippen molar-refractivity contribution in [2.75, 3.05) is 18.0 Å². The molecule has 0 N–H and O–H groups in total. The van der Waals surface area contributed by atoms with Crippen molar-refractivity contribution in [3.05, 3.63) is 66.8 Å². The second kappa shape index (κ2) is 11.4. The Morgan fingerprint density at radius 1 is 1.24 bits per heavy atom. The lowest BCUT2D eigenvalue weighted by Gasteiger charge is -2.39. The Hall–Kier alpha value is -2.64. The van der Waals surface area contributed by atoms with Crippen molar-refractivity contribution in [1.82, 2.24) is 9.47 Å². The Labute approximate surface area is 231 Å². The van der Waals surface area contributed by atoms with Crippen LogP contribution in [-0.4, -0.2) is 45.0 Å². The Bertz CT molecular complexity index is 1370. The number of rotatable bonds is 6. The van der Waals surface area contributed by atoms with E-state index in [4.69, 9.17) is 28.6 Å². The van der Waals surface area contributed by atoms with E-state index in [-0.39, 0.29) is 35.8 Å². The number of benzene rings is 1. The highest BCUT2D eigenvalue weighted by Gasteiger charge is 2.34. The van der Waals surface area contributed by atoms with E-state index in [2.05, 4.69) is 11.0 Å². The number of halogens is 1. The Morgan fingerprint density at radius 3 is 2.54 bits per heavy atom. The molecule has 2 aliphatic rings. The number of carbonyl (C=O) groups excluding carboxylic acids is 1. The fourth-order valence-electron chi connectivity index (χ4n) is 4.83. The van der Waals surface area contributed by atoms with E-state index >= 15 is 0 Å². The number of amides is 1. The van der Waals surface area contributed by atoms with E-state index in [1.54, 1.807) is 23.6 Å². The van der Waals surface area contributed by atoms with Gasteiger partial charge in [0.2, 0.25) is 0 Å². The maximum absolute atomic E-state index is 13.5. The first kappa shape index (κ1) is 27.4. The van der Waals surface area contributed by atoms with Gasteiger partial charge in [-0.1, -0.05) is 60.7 Å². The first-order valence-electron chi connectivity index (χ1n) is 12.2. The zero-order valence-corrected chi connectivity index (χ0v) is 23.7. The number of hydrogen-bond acceptors (Lipinski definition) is 7. The van der Waals surface area contributed by atoms with Crippen molar-refractivity contribution >= 4 is 57.7 Å². The molecule has 2 fully saturated rings. The molecule has 1 aromatic carbocycles. The highest BCUT2D eigenvalue weighted by atomic mass is 35.5. The predicted octanol–water partition coefficient (Wildman–Crippen LogP) is 5.11. The summed E-state index contributed by atoms with van der Waals surface area (Å²) in [4.78, 5) is 31.0. The van der Waals surface area contributed by atoms with Crippen LogP contribution < -0.4 is 10.5 Å². The van der Waals surface area contributed by atoms with Crippen LogP contribution in [0.1, 0.15) is 49.4 Å². The van der Waals surface area contributed by atoms with Crippen LogP contribution in [0.4, 0.5) is 5.82 Å². The molecule has 194 valence electrons. The average molecular weight is 557 g/mol. The first-order chi connectivity index (χ1) is 17.7. The van der Waals surface area contributed by atoms with Gasteiger partial charge in [-0.3, -0.25) is 19.1 Å². The number of nitrogens with zero attached hydrogens (tertiary/aromatic N) is 4.